The van der Waals surface area contributed by atoms with Crippen molar-refractivity contribution in [2.45, 2.75) is 277 Å². The molecule has 0 saturated carbocycles. The molecule has 0 saturated heterocycles. The summed E-state index contributed by atoms with van der Waals surface area (Å²) >= 11 is 0. The zero-order chi connectivity index (χ0) is 39.4. The first-order chi connectivity index (χ1) is 26.5. The van der Waals surface area contributed by atoms with Crippen LogP contribution in [0.25, 0.3) is 0 Å². The van der Waals surface area contributed by atoms with Crippen molar-refractivity contribution in [1.29, 1.82) is 0 Å². The normalized spacial score (nSPS) is 11.8. The Morgan fingerprint density at radius 2 is 0.500 bits per heavy atom. The van der Waals surface area contributed by atoms with Gasteiger partial charge in [-0.3, -0.25) is 14.4 Å². The smallest absolute Gasteiger partial charge is 0.306 e. The van der Waals surface area contributed by atoms with Gasteiger partial charge < -0.3 is 14.2 Å². The van der Waals surface area contributed by atoms with E-state index in [1.807, 2.05) is 0 Å². The summed E-state index contributed by atoms with van der Waals surface area (Å²) in [5.74, 6) is -0.854. The molecule has 0 aliphatic carbocycles. The SMILES string of the molecule is CCCCCCCCCCCCCCCCCC(=O)OC[C@@H](COC(=O)CCCCCCCCCCCCCCCC)OC(=O)CCCCCCCCC. The first-order valence-electron chi connectivity index (χ1n) is 24.0. The first-order valence-corrected chi connectivity index (χ1v) is 24.0. The van der Waals surface area contributed by atoms with E-state index in [-0.39, 0.29) is 31.1 Å². The Morgan fingerprint density at radius 3 is 0.741 bits per heavy atom. The Morgan fingerprint density at radius 1 is 0.296 bits per heavy atom. The zero-order valence-corrected chi connectivity index (χ0v) is 36.5. The number of rotatable bonds is 44. The van der Waals surface area contributed by atoms with E-state index in [1.54, 1.807) is 0 Å². The van der Waals surface area contributed by atoms with E-state index >= 15 is 0 Å². The number of hydrogen-bond acceptors (Lipinski definition) is 6. The van der Waals surface area contributed by atoms with E-state index < -0.39 is 6.10 Å². The third-order valence-electron chi connectivity index (χ3n) is 10.9. The minimum Gasteiger partial charge on any atom is -0.462 e. The maximum absolute atomic E-state index is 12.6. The molecule has 54 heavy (non-hydrogen) atoms. The van der Waals surface area contributed by atoms with E-state index in [9.17, 15) is 14.4 Å². The van der Waals surface area contributed by atoms with Crippen molar-refractivity contribution in [3.63, 3.8) is 0 Å². The Kier molecular flexibility index (Phi) is 42.8. The molecule has 1 atom stereocenters. The summed E-state index contributed by atoms with van der Waals surface area (Å²) in [6.07, 6.45) is 45.2. The molecule has 0 N–H and O–H groups in total. The van der Waals surface area contributed by atoms with Crippen molar-refractivity contribution < 1.29 is 28.6 Å². The van der Waals surface area contributed by atoms with Crippen LogP contribution < -0.4 is 0 Å². The van der Waals surface area contributed by atoms with Crippen LogP contribution in [-0.4, -0.2) is 37.2 Å². The summed E-state index contributed by atoms with van der Waals surface area (Å²) in [7, 11) is 0. The predicted octanol–water partition coefficient (Wildman–Crippen LogP) is 15.3. The molecule has 0 aromatic heterocycles. The molecular weight excluding hydrogens is 673 g/mol. The van der Waals surface area contributed by atoms with Crippen molar-refractivity contribution in [2.75, 3.05) is 13.2 Å². The molecule has 0 aliphatic rings. The molecule has 0 fully saturated rings. The summed E-state index contributed by atoms with van der Waals surface area (Å²) in [5, 5.41) is 0. The number of hydrogen-bond donors (Lipinski definition) is 0. The molecule has 0 rings (SSSR count). The lowest BCUT2D eigenvalue weighted by Gasteiger charge is -2.18. The minimum atomic E-state index is -0.757. The molecule has 6 heteroatoms. The quantitative estimate of drug-likeness (QED) is 0.0349. The topological polar surface area (TPSA) is 78.9 Å². The summed E-state index contributed by atoms with van der Waals surface area (Å²) < 4.78 is 16.7. The monoisotopic (exact) mass is 765 g/mol. The van der Waals surface area contributed by atoms with Gasteiger partial charge in [0.25, 0.3) is 0 Å². The minimum absolute atomic E-state index is 0.0630. The van der Waals surface area contributed by atoms with Gasteiger partial charge in [-0.05, 0) is 19.3 Å². The van der Waals surface area contributed by atoms with Crippen LogP contribution in [0, 0.1) is 0 Å². The highest BCUT2D eigenvalue weighted by Crippen LogP contribution is 2.16. The Labute approximate surface area is 336 Å². The molecular formula is C48H92O6. The molecule has 0 aromatic carbocycles. The predicted molar refractivity (Wildman–Crippen MR) is 229 cm³/mol. The van der Waals surface area contributed by atoms with Crippen molar-refractivity contribution in [2.24, 2.45) is 0 Å². The van der Waals surface area contributed by atoms with Gasteiger partial charge in [0, 0.05) is 19.3 Å². The van der Waals surface area contributed by atoms with Crippen LogP contribution in [0.1, 0.15) is 271 Å². The van der Waals surface area contributed by atoms with Gasteiger partial charge in [0.05, 0.1) is 0 Å². The first kappa shape index (κ1) is 52.4. The molecule has 6 nitrogen and oxygen atoms in total. The van der Waals surface area contributed by atoms with Gasteiger partial charge in [0.2, 0.25) is 0 Å². The van der Waals surface area contributed by atoms with Crippen molar-refractivity contribution in [3.05, 3.63) is 0 Å². The van der Waals surface area contributed by atoms with Gasteiger partial charge in [-0.25, -0.2) is 0 Å². The fourth-order valence-electron chi connectivity index (χ4n) is 7.21. The van der Waals surface area contributed by atoms with E-state index in [1.165, 1.54) is 173 Å². The zero-order valence-electron chi connectivity index (χ0n) is 36.5. The van der Waals surface area contributed by atoms with Crippen LogP contribution >= 0.6 is 0 Å². The summed E-state index contributed by atoms with van der Waals surface area (Å²) in [6, 6.07) is 0. The van der Waals surface area contributed by atoms with Gasteiger partial charge >= 0.3 is 17.9 Å². The van der Waals surface area contributed by atoms with E-state index in [4.69, 9.17) is 14.2 Å². The Hall–Kier alpha value is -1.59. The van der Waals surface area contributed by atoms with Crippen LogP contribution in [0.3, 0.4) is 0 Å². The fraction of sp³-hybridized carbons (Fsp3) is 0.938. The number of esters is 3. The van der Waals surface area contributed by atoms with Gasteiger partial charge in [-0.15, -0.1) is 0 Å². The lowest BCUT2D eigenvalue weighted by molar-refractivity contribution is -0.167. The second-order valence-electron chi connectivity index (χ2n) is 16.4. The maximum Gasteiger partial charge on any atom is 0.306 e. The standard InChI is InChI=1S/C48H92O6/c1-4-7-10-13-16-18-20-22-24-26-28-30-33-35-38-41-47(50)53-44-45(54-48(51)42-39-36-31-15-12-9-6-3)43-52-46(49)40-37-34-32-29-27-25-23-21-19-17-14-11-8-5-2/h45H,4-44H2,1-3H3/t45-/m1/s1. The number of carbonyl (C=O) groups excluding carboxylic acids is 3. The Balaban J connectivity index is 4.19. The summed E-state index contributed by atoms with van der Waals surface area (Å²) in [5.41, 5.74) is 0. The van der Waals surface area contributed by atoms with E-state index in [0.29, 0.717) is 19.3 Å². The molecule has 0 aliphatic heterocycles. The summed E-state index contributed by atoms with van der Waals surface area (Å²) in [4.78, 5) is 37.6. The summed E-state index contributed by atoms with van der Waals surface area (Å²) in [6.45, 7) is 6.63. The van der Waals surface area contributed by atoms with Crippen molar-refractivity contribution in [3.8, 4) is 0 Å². The molecule has 0 radical (unpaired) electrons. The van der Waals surface area contributed by atoms with Gasteiger partial charge in [-0.2, -0.15) is 0 Å². The number of unbranched alkanes of at least 4 members (excludes halogenated alkanes) is 33. The third-order valence-corrected chi connectivity index (χ3v) is 10.9. The highest BCUT2D eigenvalue weighted by Gasteiger charge is 2.19. The third kappa shape index (κ3) is 41.6. The fourth-order valence-corrected chi connectivity index (χ4v) is 7.21. The van der Waals surface area contributed by atoms with E-state index in [2.05, 4.69) is 20.8 Å². The van der Waals surface area contributed by atoms with Gasteiger partial charge in [-0.1, -0.05) is 233 Å². The van der Waals surface area contributed by atoms with Crippen LogP contribution in [0.2, 0.25) is 0 Å². The number of carbonyl (C=O) groups is 3. The average Bonchev–Trinajstić information content (AvgIpc) is 3.17. The van der Waals surface area contributed by atoms with Gasteiger partial charge in [0.15, 0.2) is 6.10 Å². The second kappa shape index (κ2) is 44.1. The van der Waals surface area contributed by atoms with Gasteiger partial charge in [0.1, 0.15) is 13.2 Å². The molecule has 0 heterocycles. The van der Waals surface area contributed by atoms with Crippen LogP contribution in [-0.2, 0) is 28.6 Å². The van der Waals surface area contributed by atoms with Crippen LogP contribution in [0.5, 0.6) is 0 Å². The van der Waals surface area contributed by atoms with Crippen LogP contribution in [0.15, 0.2) is 0 Å². The molecule has 0 bridgehead atoms. The Bertz CT molecular complexity index is 798. The highest BCUT2D eigenvalue weighted by atomic mass is 16.6. The van der Waals surface area contributed by atoms with Crippen LogP contribution in [0.4, 0.5) is 0 Å². The molecule has 0 spiro atoms. The molecule has 320 valence electrons. The van der Waals surface area contributed by atoms with Crippen molar-refractivity contribution >= 4 is 17.9 Å². The highest BCUT2D eigenvalue weighted by molar-refractivity contribution is 5.71. The lowest BCUT2D eigenvalue weighted by Crippen LogP contribution is -2.30. The molecule has 0 aromatic rings. The number of ether oxygens (including phenoxy) is 3. The maximum atomic E-state index is 12.6. The molecule has 0 unspecified atom stereocenters. The lowest BCUT2D eigenvalue weighted by atomic mass is 10.0. The van der Waals surface area contributed by atoms with Crippen molar-refractivity contribution in [1.82, 2.24) is 0 Å². The average molecular weight is 765 g/mol. The second-order valence-corrected chi connectivity index (χ2v) is 16.4. The largest absolute Gasteiger partial charge is 0.462 e. The molecule has 0 amide bonds. The van der Waals surface area contributed by atoms with E-state index in [0.717, 1.165) is 57.8 Å².